The van der Waals surface area contributed by atoms with Gasteiger partial charge in [0.05, 0.1) is 12.2 Å². The van der Waals surface area contributed by atoms with Gasteiger partial charge in [0, 0.05) is 44.4 Å². The Morgan fingerprint density at radius 1 is 0.971 bits per heavy atom. The zero-order chi connectivity index (χ0) is 24.9. The molecule has 35 heavy (non-hydrogen) atoms. The molecule has 9 heteroatoms. The van der Waals surface area contributed by atoms with E-state index in [1.54, 1.807) is 29.2 Å². The number of aryl methyl sites for hydroxylation is 3. The maximum atomic E-state index is 14.0. The number of carbonyl (C=O) groups is 2. The first kappa shape index (κ1) is 24.1. The van der Waals surface area contributed by atoms with Crippen molar-refractivity contribution in [2.24, 2.45) is 0 Å². The number of hydrogen-bond donors (Lipinski definition) is 1. The van der Waals surface area contributed by atoms with Crippen molar-refractivity contribution in [2.45, 2.75) is 26.8 Å². The number of piperazine rings is 1. The lowest BCUT2D eigenvalue weighted by molar-refractivity contribution is -0.131. The minimum Gasteiger partial charge on any atom is -0.366 e. The lowest BCUT2D eigenvalue weighted by Crippen LogP contribution is -2.49. The van der Waals surface area contributed by atoms with Crippen molar-refractivity contribution in [1.29, 1.82) is 0 Å². The monoisotopic (exact) mass is 477 g/mol. The predicted octanol–water partition coefficient (Wildman–Crippen LogP) is 2.99. The van der Waals surface area contributed by atoms with E-state index in [-0.39, 0.29) is 35.9 Å². The lowest BCUT2D eigenvalue weighted by atomic mass is 10.1. The summed E-state index contributed by atoms with van der Waals surface area (Å²) in [4.78, 5) is 41.2. The molecular formula is C26H28FN5O3. The van der Waals surface area contributed by atoms with Gasteiger partial charge in [-0.15, -0.1) is 0 Å². The van der Waals surface area contributed by atoms with Crippen LogP contribution in [-0.4, -0.2) is 52.7 Å². The molecule has 2 aromatic carbocycles. The molecule has 0 radical (unpaired) electrons. The van der Waals surface area contributed by atoms with Gasteiger partial charge in [0.2, 0.25) is 5.91 Å². The predicted molar refractivity (Wildman–Crippen MR) is 132 cm³/mol. The highest BCUT2D eigenvalue weighted by Crippen LogP contribution is 2.20. The molecule has 4 rings (SSSR count). The van der Waals surface area contributed by atoms with E-state index in [1.807, 2.05) is 30.9 Å². The molecule has 0 unspecified atom stereocenters. The summed E-state index contributed by atoms with van der Waals surface area (Å²) in [5, 5.41) is 6.95. The van der Waals surface area contributed by atoms with Gasteiger partial charge in [0.15, 0.2) is 0 Å². The zero-order valence-electron chi connectivity index (χ0n) is 19.8. The number of hydrogen-bond acceptors (Lipinski definition) is 5. The van der Waals surface area contributed by atoms with Gasteiger partial charge < -0.3 is 15.1 Å². The van der Waals surface area contributed by atoms with Gasteiger partial charge in [-0.1, -0.05) is 18.2 Å². The standard InChI is InChI=1S/C26H28FN5O3/c1-18-7-8-20(17-19(18)2)28-26(35)22-9-10-25(34)32(29-22)12-11-24(33)31-15-13-30(14-16-31)23-6-4-3-5-21(23)27/h3-10,17H,11-16H2,1-2H3,(H,28,35). The Hall–Kier alpha value is -4.01. The number of nitrogens with zero attached hydrogens (tertiary/aromatic N) is 4. The number of benzene rings is 2. The van der Waals surface area contributed by atoms with Crippen molar-refractivity contribution in [3.63, 3.8) is 0 Å². The molecule has 3 aromatic rings. The van der Waals surface area contributed by atoms with E-state index in [0.717, 1.165) is 15.8 Å². The Morgan fingerprint density at radius 3 is 2.43 bits per heavy atom. The minimum atomic E-state index is -0.433. The molecule has 1 aliphatic heterocycles. The molecule has 1 N–H and O–H groups in total. The van der Waals surface area contributed by atoms with E-state index in [0.29, 0.717) is 37.6 Å². The molecule has 0 saturated carbocycles. The third-order valence-electron chi connectivity index (χ3n) is 6.23. The summed E-state index contributed by atoms with van der Waals surface area (Å²) in [6.07, 6.45) is 0.0782. The van der Waals surface area contributed by atoms with Gasteiger partial charge in [-0.3, -0.25) is 14.4 Å². The third kappa shape index (κ3) is 5.74. The summed E-state index contributed by atoms with van der Waals surface area (Å²) in [5.41, 5.74) is 3.05. The molecular weight excluding hydrogens is 449 g/mol. The van der Waals surface area contributed by atoms with Crippen molar-refractivity contribution < 1.29 is 14.0 Å². The number of nitrogens with one attached hydrogen (secondary N) is 1. The summed E-state index contributed by atoms with van der Waals surface area (Å²) in [6, 6.07) is 14.8. The van der Waals surface area contributed by atoms with E-state index in [1.165, 1.54) is 18.2 Å². The van der Waals surface area contributed by atoms with Crippen LogP contribution in [0.5, 0.6) is 0 Å². The van der Waals surface area contributed by atoms with E-state index in [4.69, 9.17) is 0 Å². The van der Waals surface area contributed by atoms with Crippen molar-refractivity contribution in [3.8, 4) is 0 Å². The van der Waals surface area contributed by atoms with Crippen molar-refractivity contribution in [2.75, 3.05) is 36.4 Å². The molecule has 1 aliphatic rings. The number of para-hydroxylation sites is 1. The van der Waals surface area contributed by atoms with Gasteiger partial charge in [-0.05, 0) is 55.3 Å². The molecule has 1 fully saturated rings. The molecule has 2 amide bonds. The second kappa shape index (κ2) is 10.5. The van der Waals surface area contributed by atoms with Crippen LogP contribution in [0.15, 0.2) is 59.4 Å². The Kier molecular flexibility index (Phi) is 7.24. The summed E-state index contributed by atoms with van der Waals surface area (Å²) in [5.74, 6) is -0.825. The van der Waals surface area contributed by atoms with E-state index >= 15 is 0 Å². The fourth-order valence-electron chi connectivity index (χ4n) is 4.01. The topological polar surface area (TPSA) is 87.5 Å². The third-order valence-corrected chi connectivity index (χ3v) is 6.23. The van der Waals surface area contributed by atoms with E-state index in [2.05, 4.69) is 10.4 Å². The number of rotatable bonds is 6. The molecule has 1 saturated heterocycles. The van der Waals surface area contributed by atoms with Crippen molar-refractivity contribution in [3.05, 3.63) is 87.6 Å². The van der Waals surface area contributed by atoms with Crippen LogP contribution in [0.1, 0.15) is 28.0 Å². The van der Waals surface area contributed by atoms with Crippen LogP contribution in [0.2, 0.25) is 0 Å². The van der Waals surface area contributed by atoms with Gasteiger partial charge in [-0.2, -0.15) is 5.10 Å². The maximum absolute atomic E-state index is 14.0. The fraction of sp³-hybridized carbons (Fsp3) is 0.308. The van der Waals surface area contributed by atoms with Crippen LogP contribution >= 0.6 is 0 Å². The number of aromatic nitrogens is 2. The largest absolute Gasteiger partial charge is 0.366 e. The first-order valence-electron chi connectivity index (χ1n) is 11.6. The minimum absolute atomic E-state index is 0.0654. The first-order valence-corrected chi connectivity index (χ1v) is 11.6. The summed E-state index contributed by atoms with van der Waals surface area (Å²) in [6.45, 7) is 6.00. The van der Waals surface area contributed by atoms with Crippen LogP contribution in [0, 0.1) is 19.7 Å². The second-order valence-electron chi connectivity index (χ2n) is 8.60. The van der Waals surface area contributed by atoms with Crippen LogP contribution in [0.25, 0.3) is 0 Å². The SMILES string of the molecule is Cc1ccc(NC(=O)c2ccc(=O)n(CCC(=O)N3CCN(c4ccccc4F)CC3)n2)cc1C. The summed E-state index contributed by atoms with van der Waals surface area (Å²) >= 11 is 0. The van der Waals surface area contributed by atoms with E-state index < -0.39 is 5.91 Å². The highest BCUT2D eigenvalue weighted by atomic mass is 19.1. The van der Waals surface area contributed by atoms with Crippen LogP contribution in [0.4, 0.5) is 15.8 Å². The van der Waals surface area contributed by atoms with Gasteiger partial charge in [0.1, 0.15) is 11.5 Å². The summed E-state index contributed by atoms with van der Waals surface area (Å²) < 4.78 is 15.2. The molecule has 2 heterocycles. The number of carbonyl (C=O) groups excluding carboxylic acids is 2. The van der Waals surface area contributed by atoms with Crippen molar-refractivity contribution >= 4 is 23.2 Å². The second-order valence-corrected chi connectivity index (χ2v) is 8.60. The lowest BCUT2D eigenvalue weighted by Gasteiger charge is -2.36. The van der Waals surface area contributed by atoms with Gasteiger partial charge >= 0.3 is 0 Å². The average Bonchev–Trinajstić information content (AvgIpc) is 2.86. The fourth-order valence-corrected chi connectivity index (χ4v) is 4.01. The van der Waals surface area contributed by atoms with Gasteiger partial charge in [-0.25, -0.2) is 9.07 Å². The number of anilines is 2. The number of amides is 2. The quantitative estimate of drug-likeness (QED) is 0.590. The smallest absolute Gasteiger partial charge is 0.276 e. The van der Waals surface area contributed by atoms with E-state index in [9.17, 15) is 18.8 Å². The van der Waals surface area contributed by atoms with Crippen LogP contribution < -0.4 is 15.8 Å². The molecule has 1 aromatic heterocycles. The van der Waals surface area contributed by atoms with Gasteiger partial charge in [0.25, 0.3) is 11.5 Å². The molecule has 0 atom stereocenters. The molecule has 8 nitrogen and oxygen atoms in total. The Balaban J connectivity index is 1.34. The highest BCUT2D eigenvalue weighted by Gasteiger charge is 2.23. The number of halogens is 1. The van der Waals surface area contributed by atoms with Crippen LogP contribution in [0.3, 0.4) is 0 Å². The van der Waals surface area contributed by atoms with Crippen LogP contribution in [-0.2, 0) is 11.3 Å². The Morgan fingerprint density at radius 2 is 1.71 bits per heavy atom. The highest BCUT2D eigenvalue weighted by molar-refractivity contribution is 6.02. The Bertz CT molecular complexity index is 1300. The molecule has 182 valence electrons. The molecule has 0 spiro atoms. The Labute approximate surface area is 203 Å². The maximum Gasteiger partial charge on any atom is 0.276 e. The molecule has 0 aliphatic carbocycles. The molecule has 0 bridgehead atoms. The summed E-state index contributed by atoms with van der Waals surface area (Å²) in [7, 11) is 0. The zero-order valence-corrected chi connectivity index (χ0v) is 19.8. The first-order chi connectivity index (χ1) is 16.8. The normalized spacial score (nSPS) is 13.6. The average molecular weight is 478 g/mol. The van der Waals surface area contributed by atoms with Crippen molar-refractivity contribution in [1.82, 2.24) is 14.7 Å².